The Hall–Kier alpha value is -0.733. The van der Waals surface area contributed by atoms with Crippen LogP contribution in [0.1, 0.15) is 80.2 Å². The van der Waals surface area contributed by atoms with Gasteiger partial charge in [0, 0.05) is 10.5 Å². The SMILES string of the molecule is CC(C)(C)O[Si](CCC1OC(=O)C1c1ccccc1Br)(OC(C)(C)C)OC(C)(C)C. The van der Waals surface area contributed by atoms with Crippen molar-refractivity contribution in [1.29, 1.82) is 0 Å². The van der Waals surface area contributed by atoms with Crippen LogP contribution in [0.15, 0.2) is 28.7 Å². The summed E-state index contributed by atoms with van der Waals surface area (Å²) in [5.41, 5.74) is -0.334. The van der Waals surface area contributed by atoms with E-state index in [1.54, 1.807) is 0 Å². The largest absolute Gasteiger partial charge is 0.502 e. The first-order valence-electron chi connectivity index (χ1n) is 10.6. The van der Waals surface area contributed by atoms with E-state index in [-0.39, 0.29) is 18.0 Å². The maximum Gasteiger partial charge on any atom is 0.502 e. The number of esters is 1. The second-order valence-electron chi connectivity index (χ2n) is 10.8. The van der Waals surface area contributed by atoms with Gasteiger partial charge in [0.05, 0.1) is 16.8 Å². The van der Waals surface area contributed by atoms with Crippen molar-refractivity contribution in [1.82, 2.24) is 0 Å². The Bertz CT molecular complexity index is 704. The van der Waals surface area contributed by atoms with Crippen molar-refractivity contribution < 1.29 is 22.8 Å². The molecule has 0 N–H and O–H groups in total. The van der Waals surface area contributed by atoms with Gasteiger partial charge in [-0.05, 0) is 80.4 Å². The smallest absolute Gasteiger partial charge is 0.461 e. The number of carbonyl (C=O) groups excluding carboxylic acids is 1. The zero-order valence-electron chi connectivity index (χ0n) is 19.8. The van der Waals surface area contributed by atoms with E-state index < -0.39 is 25.6 Å². The Labute approximate surface area is 191 Å². The fraction of sp³-hybridized carbons (Fsp3) is 0.696. The molecular formula is C23H37BrO5Si. The number of hydrogen-bond donors (Lipinski definition) is 0. The summed E-state index contributed by atoms with van der Waals surface area (Å²) in [6.07, 6.45) is 0.394. The van der Waals surface area contributed by atoms with Crippen molar-refractivity contribution >= 4 is 30.7 Å². The van der Waals surface area contributed by atoms with E-state index in [1.165, 1.54) is 0 Å². The number of hydrogen-bond acceptors (Lipinski definition) is 5. The minimum Gasteiger partial charge on any atom is -0.461 e. The highest BCUT2D eigenvalue weighted by Crippen LogP contribution is 2.41. The summed E-state index contributed by atoms with van der Waals surface area (Å²) < 4.78 is 26.1. The molecule has 7 heteroatoms. The zero-order valence-corrected chi connectivity index (χ0v) is 22.4. The molecule has 30 heavy (non-hydrogen) atoms. The number of halogens is 1. The van der Waals surface area contributed by atoms with Crippen LogP contribution in [-0.4, -0.2) is 37.7 Å². The lowest BCUT2D eigenvalue weighted by Gasteiger charge is -2.44. The first-order chi connectivity index (χ1) is 13.5. The molecule has 1 heterocycles. The van der Waals surface area contributed by atoms with E-state index in [4.69, 9.17) is 18.0 Å². The van der Waals surface area contributed by atoms with Crippen LogP contribution in [0.4, 0.5) is 0 Å². The van der Waals surface area contributed by atoms with E-state index in [0.29, 0.717) is 12.5 Å². The molecule has 1 aromatic carbocycles. The summed E-state index contributed by atoms with van der Waals surface area (Å²) in [6.45, 7) is 18.1. The van der Waals surface area contributed by atoms with E-state index in [2.05, 4.69) is 15.9 Å². The number of rotatable bonds is 7. The normalized spacial score (nSPS) is 20.7. The van der Waals surface area contributed by atoms with Gasteiger partial charge in [-0.1, -0.05) is 34.1 Å². The zero-order chi connectivity index (χ0) is 23.0. The fourth-order valence-electron chi connectivity index (χ4n) is 3.58. The Morgan fingerprint density at radius 1 is 0.900 bits per heavy atom. The summed E-state index contributed by atoms with van der Waals surface area (Å²) in [5, 5.41) is 0. The molecule has 170 valence electrons. The Morgan fingerprint density at radius 3 is 1.77 bits per heavy atom. The maximum atomic E-state index is 12.3. The molecule has 2 atom stereocenters. The minimum atomic E-state index is -3.12. The molecule has 2 rings (SSSR count). The average molecular weight is 502 g/mol. The van der Waals surface area contributed by atoms with Crippen LogP contribution in [0.5, 0.6) is 0 Å². The minimum absolute atomic E-state index is 0.190. The highest BCUT2D eigenvalue weighted by atomic mass is 79.9. The summed E-state index contributed by atoms with van der Waals surface area (Å²) in [5.74, 6) is -0.476. The standard InChI is InChI=1S/C23H37BrO5Si/c1-21(2,3)27-30(28-22(4,5)6,29-23(7,8)9)15-14-18-19(20(25)26-18)16-12-10-11-13-17(16)24/h10-13,18-19H,14-15H2,1-9H3. The van der Waals surface area contributed by atoms with Crippen LogP contribution in [-0.2, 0) is 22.8 Å². The quantitative estimate of drug-likeness (QED) is 0.327. The number of benzene rings is 1. The van der Waals surface area contributed by atoms with Gasteiger partial charge >= 0.3 is 14.8 Å². The van der Waals surface area contributed by atoms with Crippen LogP contribution >= 0.6 is 15.9 Å². The molecule has 1 fully saturated rings. The van der Waals surface area contributed by atoms with Crippen molar-refractivity contribution in [3.63, 3.8) is 0 Å². The molecule has 1 aliphatic rings. The van der Waals surface area contributed by atoms with E-state index in [9.17, 15) is 4.79 Å². The second-order valence-corrected chi connectivity index (χ2v) is 14.2. The highest BCUT2D eigenvalue weighted by molar-refractivity contribution is 9.10. The van der Waals surface area contributed by atoms with Gasteiger partial charge in [0.2, 0.25) is 0 Å². The topological polar surface area (TPSA) is 54.0 Å². The van der Waals surface area contributed by atoms with Gasteiger partial charge in [0.15, 0.2) is 0 Å². The summed E-state index contributed by atoms with van der Waals surface area (Å²) in [7, 11) is -3.12. The number of cyclic esters (lactones) is 1. The lowest BCUT2D eigenvalue weighted by molar-refractivity contribution is -0.176. The molecule has 1 aromatic rings. The molecule has 2 unspecified atom stereocenters. The molecule has 0 spiro atoms. The lowest BCUT2D eigenvalue weighted by Crippen LogP contribution is -2.58. The molecule has 0 bridgehead atoms. The van der Waals surface area contributed by atoms with Crippen molar-refractivity contribution in [3.8, 4) is 0 Å². The highest BCUT2D eigenvalue weighted by Gasteiger charge is 2.53. The molecule has 5 nitrogen and oxygen atoms in total. The Balaban J connectivity index is 2.28. The molecule has 1 saturated heterocycles. The number of carbonyl (C=O) groups is 1. The average Bonchev–Trinajstić information content (AvgIpc) is 2.48. The molecule has 0 aliphatic carbocycles. The third kappa shape index (κ3) is 7.45. The molecule has 0 amide bonds. The van der Waals surface area contributed by atoms with Crippen molar-refractivity contribution in [2.24, 2.45) is 0 Å². The fourth-order valence-corrected chi connectivity index (χ4v) is 7.98. The van der Waals surface area contributed by atoms with Crippen molar-refractivity contribution in [3.05, 3.63) is 34.3 Å². The van der Waals surface area contributed by atoms with Crippen molar-refractivity contribution in [2.75, 3.05) is 0 Å². The van der Waals surface area contributed by atoms with Crippen LogP contribution in [0.25, 0.3) is 0 Å². The van der Waals surface area contributed by atoms with Gasteiger partial charge in [-0.2, -0.15) is 0 Å². The predicted octanol–water partition coefficient (Wildman–Crippen LogP) is 6.23. The van der Waals surface area contributed by atoms with Gasteiger partial charge in [-0.15, -0.1) is 0 Å². The first kappa shape index (κ1) is 25.5. The van der Waals surface area contributed by atoms with Gasteiger partial charge in [-0.3, -0.25) is 4.79 Å². The van der Waals surface area contributed by atoms with Gasteiger partial charge < -0.3 is 18.0 Å². The second kappa shape index (κ2) is 9.02. The summed E-state index contributed by atoms with van der Waals surface area (Å²) >= 11 is 3.56. The van der Waals surface area contributed by atoms with Crippen LogP contribution in [0, 0.1) is 0 Å². The Morgan fingerprint density at radius 2 is 1.37 bits per heavy atom. The van der Waals surface area contributed by atoms with Crippen molar-refractivity contribution in [2.45, 2.75) is 104 Å². The monoisotopic (exact) mass is 500 g/mol. The van der Waals surface area contributed by atoms with Crippen LogP contribution < -0.4 is 0 Å². The third-order valence-corrected chi connectivity index (χ3v) is 8.65. The molecule has 0 aromatic heterocycles. The maximum absolute atomic E-state index is 12.3. The third-order valence-electron chi connectivity index (χ3n) is 4.25. The van der Waals surface area contributed by atoms with E-state index in [1.807, 2.05) is 86.6 Å². The summed E-state index contributed by atoms with van der Waals surface area (Å²) in [4.78, 5) is 12.3. The lowest BCUT2D eigenvalue weighted by atomic mass is 9.87. The van der Waals surface area contributed by atoms with Gasteiger partial charge in [0.1, 0.15) is 12.0 Å². The van der Waals surface area contributed by atoms with Crippen LogP contribution in [0.3, 0.4) is 0 Å². The van der Waals surface area contributed by atoms with Gasteiger partial charge in [-0.25, -0.2) is 0 Å². The van der Waals surface area contributed by atoms with E-state index >= 15 is 0 Å². The molecular weight excluding hydrogens is 464 g/mol. The molecule has 0 saturated carbocycles. The Kier molecular flexibility index (Phi) is 7.68. The predicted molar refractivity (Wildman–Crippen MR) is 124 cm³/mol. The first-order valence-corrected chi connectivity index (χ1v) is 13.3. The molecule has 1 aliphatic heterocycles. The summed E-state index contributed by atoms with van der Waals surface area (Å²) in [6, 6.07) is 8.37. The molecule has 0 radical (unpaired) electrons. The van der Waals surface area contributed by atoms with E-state index in [0.717, 1.165) is 10.0 Å². The number of ether oxygens (including phenoxy) is 1. The van der Waals surface area contributed by atoms with Gasteiger partial charge in [0.25, 0.3) is 0 Å². The van der Waals surface area contributed by atoms with Crippen LogP contribution in [0.2, 0.25) is 6.04 Å².